The summed E-state index contributed by atoms with van der Waals surface area (Å²) >= 11 is 1.45. The van der Waals surface area contributed by atoms with E-state index in [1.807, 2.05) is 20.1 Å². The summed E-state index contributed by atoms with van der Waals surface area (Å²) in [6, 6.07) is 4.51. The van der Waals surface area contributed by atoms with Gasteiger partial charge >= 0.3 is 0 Å². The van der Waals surface area contributed by atoms with E-state index in [4.69, 9.17) is 40.1 Å². The molecule has 13 amide bonds. The number of likely N-dealkylation sites (tertiary alicyclic amines) is 2. The first kappa shape index (κ1) is 78.5. The van der Waals surface area contributed by atoms with Crippen molar-refractivity contribution in [3.05, 3.63) is 71.8 Å². The Morgan fingerprint density at radius 3 is 1.51 bits per heavy atom. The minimum Gasteiger partial charge on any atom is -0.370 e. The summed E-state index contributed by atoms with van der Waals surface area (Å²) < 4.78 is 0. The van der Waals surface area contributed by atoms with Crippen molar-refractivity contribution < 1.29 is 62.3 Å². The van der Waals surface area contributed by atoms with E-state index in [-0.39, 0.29) is 83.0 Å². The SMILES string of the molecule is CSCC[C@H](NC(=O)[C@H](CC(C)C)NC(=O)CNC(=O)[C@@H](Cc1ccccc1)NC(=O)[C@@H](Cc1ccccc1)NC(=O)[C@H](CCC(N)=O)NC(=O)[C@H](CCC(N)=O)NC(=O)[C@@H]1CCCN1C(=O)[C@@H](CCCCN)NC(=O)[C@@H]1CCCN1C(=O)[C@@H](N)CCCN=C(N)N)C(N)=O. The Morgan fingerprint density at radius 2 is 1.01 bits per heavy atom. The van der Waals surface area contributed by atoms with Crippen molar-refractivity contribution in [2.24, 2.45) is 51.0 Å². The van der Waals surface area contributed by atoms with Crippen molar-refractivity contribution in [2.45, 2.75) is 183 Å². The summed E-state index contributed by atoms with van der Waals surface area (Å²) in [5, 5.41) is 21.1. The number of thioether (sulfide) groups is 1. The van der Waals surface area contributed by atoms with Crippen LogP contribution in [0.25, 0.3) is 0 Å². The third-order valence-electron chi connectivity index (χ3n) is 16.0. The molecule has 2 aliphatic heterocycles. The average Bonchev–Trinajstić information content (AvgIpc) is 1.74. The molecule has 2 fully saturated rings. The first-order valence-electron chi connectivity index (χ1n) is 32.2. The monoisotopic (exact) mass is 1350 g/mol. The summed E-state index contributed by atoms with van der Waals surface area (Å²) in [5.74, 6) is -9.80. The number of hydrogen-bond acceptors (Lipinski definition) is 17. The smallest absolute Gasteiger partial charge is 0.245 e. The fourth-order valence-electron chi connectivity index (χ4n) is 11.0. The lowest BCUT2D eigenvalue weighted by Crippen LogP contribution is -2.60. The number of hydrogen-bond donors (Lipinski definition) is 15. The van der Waals surface area contributed by atoms with Crippen LogP contribution in [-0.2, 0) is 75.2 Å². The molecule has 0 unspecified atom stereocenters. The van der Waals surface area contributed by atoms with Crippen LogP contribution in [0.5, 0.6) is 0 Å². The second-order valence-corrected chi connectivity index (χ2v) is 25.1. The molecule has 10 atom stereocenters. The number of benzene rings is 2. The van der Waals surface area contributed by atoms with Crippen LogP contribution < -0.4 is 82.7 Å². The summed E-state index contributed by atoms with van der Waals surface area (Å²) in [5.41, 5.74) is 40.6. The Labute approximate surface area is 558 Å². The number of carbonyl (C=O) groups excluding carboxylic acids is 13. The molecule has 0 aromatic heterocycles. The second-order valence-electron chi connectivity index (χ2n) is 24.1. The molecule has 0 aliphatic carbocycles. The van der Waals surface area contributed by atoms with E-state index in [1.165, 1.54) is 21.6 Å². The number of carbonyl (C=O) groups is 13. The number of primary amides is 3. The zero-order valence-corrected chi connectivity index (χ0v) is 55.3. The van der Waals surface area contributed by atoms with Gasteiger partial charge in [-0.1, -0.05) is 74.5 Å². The molecule has 0 saturated carbocycles. The van der Waals surface area contributed by atoms with E-state index in [1.54, 1.807) is 60.7 Å². The van der Waals surface area contributed by atoms with E-state index < -0.39 is 169 Å². The van der Waals surface area contributed by atoms with Gasteiger partial charge in [-0.2, -0.15) is 11.8 Å². The van der Waals surface area contributed by atoms with Crippen LogP contribution in [0.15, 0.2) is 65.7 Å². The molecular weight excluding hydrogens is 1250 g/mol. The molecule has 2 aromatic carbocycles. The molecule has 32 heteroatoms. The Balaban J connectivity index is 1.56. The van der Waals surface area contributed by atoms with Gasteiger partial charge in [0.2, 0.25) is 76.8 Å². The first-order valence-corrected chi connectivity index (χ1v) is 33.6. The van der Waals surface area contributed by atoms with Gasteiger partial charge in [-0.15, -0.1) is 0 Å². The molecule has 0 spiro atoms. The Bertz CT molecular complexity index is 2960. The average molecular weight is 1350 g/mol. The zero-order valence-electron chi connectivity index (χ0n) is 54.5. The van der Waals surface area contributed by atoms with Gasteiger partial charge in [-0.05, 0) is 119 Å². The molecule has 95 heavy (non-hydrogen) atoms. The molecule has 0 radical (unpaired) electrons. The van der Waals surface area contributed by atoms with E-state index in [9.17, 15) is 62.3 Å². The standard InChI is InChI=1S/C63H98N18O13S/c1-37(2)33-45(57(89)74-41(53(68)85)27-32-95-3)73-52(84)36-72-54(86)46(34-38-15-6-4-7-16-38)78-58(90)47(35-39-17-8-5-9-18-39)79-56(88)42(23-25-50(66)82)75-55(87)43(24-26-51(67)83)76-59(91)49-22-14-31-81(49)62(94)44(20-10-11-28-64)77-60(92)48-21-13-30-80(48)61(93)40(65)19-12-29-71-63(69)70/h4-9,15-18,37,40-49H,10-14,19-36,64-65H2,1-3H3,(H2,66,82)(H2,67,83)(H2,68,85)(H,72,86)(H,73,84)(H,74,89)(H,75,87)(H,76,91)(H,77,92)(H,78,90)(H,79,88)(H4,69,70,71)/t40-,41-,42-,43-,44+,45-,46+,47+,48-,49-/m0/s1. The molecule has 22 N–H and O–H groups in total. The third kappa shape index (κ3) is 27.5. The van der Waals surface area contributed by atoms with Gasteiger partial charge in [0.05, 0.1) is 12.6 Å². The van der Waals surface area contributed by atoms with Gasteiger partial charge in [0.15, 0.2) is 5.96 Å². The highest BCUT2D eigenvalue weighted by Crippen LogP contribution is 2.24. The number of rotatable bonds is 42. The largest absolute Gasteiger partial charge is 0.370 e. The maximum atomic E-state index is 14.7. The first-order chi connectivity index (χ1) is 45.2. The number of unbranched alkanes of at least 4 members (excludes halogenated alkanes) is 1. The van der Waals surface area contributed by atoms with Crippen molar-refractivity contribution in [1.82, 2.24) is 52.3 Å². The van der Waals surface area contributed by atoms with Crippen LogP contribution in [0.3, 0.4) is 0 Å². The third-order valence-corrected chi connectivity index (χ3v) is 16.7. The molecule has 0 bridgehead atoms. The molecule has 2 heterocycles. The van der Waals surface area contributed by atoms with Gasteiger partial charge in [-0.25, -0.2) is 0 Å². The highest BCUT2D eigenvalue weighted by molar-refractivity contribution is 7.98. The fraction of sp³-hybridized carbons (Fsp3) is 0.587. The van der Waals surface area contributed by atoms with E-state index >= 15 is 0 Å². The topological polar surface area (TPSA) is 519 Å². The highest BCUT2D eigenvalue weighted by atomic mass is 32.2. The Morgan fingerprint density at radius 1 is 0.537 bits per heavy atom. The van der Waals surface area contributed by atoms with Crippen LogP contribution in [0.2, 0.25) is 0 Å². The second kappa shape index (κ2) is 41.0. The fourth-order valence-corrected chi connectivity index (χ4v) is 11.5. The van der Waals surface area contributed by atoms with Crippen LogP contribution >= 0.6 is 11.8 Å². The van der Waals surface area contributed by atoms with Gasteiger partial charge < -0.3 is 92.5 Å². The number of nitrogens with one attached hydrogen (secondary N) is 8. The van der Waals surface area contributed by atoms with E-state index in [2.05, 4.69) is 47.5 Å². The summed E-state index contributed by atoms with van der Waals surface area (Å²) in [4.78, 5) is 185. The highest BCUT2D eigenvalue weighted by Gasteiger charge is 2.42. The van der Waals surface area contributed by atoms with Crippen LogP contribution in [-0.4, -0.2) is 198 Å². The summed E-state index contributed by atoms with van der Waals surface area (Å²) in [7, 11) is 0. The number of aliphatic imine (C=N–C) groups is 1. The quantitative estimate of drug-likeness (QED) is 0.0173. The van der Waals surface area contributed by atoms with Gasteiger partial charge in [0, 0.05) is 45.3 Å². The lowest BCUT2D eigenvalue weighted by molar-refractivity contribution is -0.144. The van der Waals surface area contributed by atoms with Crippen LogP contribution in [0.4, 0.5) is 0 Å². The van der Waals surface area contributed by atoms with Crippen molar-refractivity contribution in [2.75, 3.05) is 44.7 Å². The molecule has 524 valence electrons. The zero-order chi connectivity index (χ0) is 70.1. The molecule has 4 rings (SSSR count). The van der Waals surface area contributed by atoms with E-state index in [0.717, 1.165) is 0 Å². The predicted molar refractivity (Wildman–Crippen MR) is 356 cm³/mol. The number of guanidine groups is 1. The molecule has 2 saturated heterocycles. The number of amides is 13. The Hall–Kier alpha value is -8.91. The maximum absolute atomic E-state index is 14.7. The van der Waals surface area contributed by atoms with Crippen molar-refractivity contribution >= 4 is 94.5 Å². The molecular formula is C63H98N18O13S. The Kier molecular flexibility index (Phi) is 33.9. The minimum absolute atomic E-state index is 0.0736. The molecule has 2 aliphatic rings. The summed E-state index contributed by atoms with van der Waals surface area (Å²) in [6.07, 6.45) is 3.12. The lowest BCUT2D eigenvalue weighted by Gasteiger charge is -2.32. The normalized spacial score (nSPS) is 16.8. The summed E-state index contributed by atoms with van der Waals surface area (Å²) in [6.45, 7) is 3.86. The van der Waals surface area contributed by atoms with Crippen molar-refractivity contribution in [1.29, 1.82) is 0 Å². The molecule has 31 nitrogen and oxygen atoms in total. The predicted octanol–water partition coefficient (Wildman–Crippen LogP) is -3.71. The van der Waals surface area contributed by atoms with E-state index in [0.29, 0.717) is 55.4 Å². The number of nitrogens with two attached hydrogens (primary N) is 7. The molecule has 2 aromatic rings. The lowest BCUT2D eigenvalue weighted by atomic mass is 10.0. The van der Waals surface area contributed by atoms with Crippen LogP contribution in [0.1, 0.15) is 121 Å². The number of nitrogens with zero attached hydrogens (tertiary/aromatic N) is 3. The minimum atomic E-state index is -1.64. The van der Waals surface area contributed by atoms with Gasteiger partial charge in [0.1, 0.15) is 54.4 Å². The van der Waals surface area contributed by atoms with Crippen molar-refractivity contribution in [3.63, 3.8) is 0 Å². The van der Waals surface area contributed by atoms with Gasteiger partial charge in [-0.3, -0.25) is 67.3 Å². The maximum Gasteiger partial charge on any atom is 0.245 e. The van der Waals surface area contributed by atoms with Crippen LogP contribution in [0, 0.1) is 5.92 Å². The van der Waals surface area contributed by atoms with Gasteiger partial charge in [0.25, 0.3) is 0 Å². The van der Waals surface area contributed by atoms with Crippen molar-refractivity contribution in [3.8, 4) is 0 Å².